The van der Waals surface area contributed by atoms with Gasteiger partial charge in [0.1, 0.15) is 5.01 Å². The molecule has 0 bridgehead atoms. The largest absolute Gasteiger partial charge is 0.374 e. The van der Waals surface area contributed by atoms with Crippen LogP contribution in [0, 0.1) is 0 Å². The van der Waals surface area contributed by atoms with E-state index >= 15 is 0 Å². The van der Waals surface area contributed by atoms with Gasteiger partial charge in [-0.2, -0.15) is 0 Å². The van der Waals surface area contributed by atoms with Gasteiger partial charge in [0.15, 0.2) is 0 Å². The lowest BCUT2D eigenvalue weighted by Gasteiger charge is -2.03. The Bertz CT molecular complexity index is 220. The normalized spacial score (nSPS) is 10.8. The van der Waals surface area contributed by atoms with E-state index in [4.69, 9.17) is 5.73 Å². The van der Waals surface area contributed by atoms with Gasteiger partial charge in [0, 0.05) is 12.6 Å². The minimum absolute atomic E-state index is 0.472. The fourth-order valence-electron chi connectivity index (χ4n) is 0.629. The standard InChI is InChI=1S/C6H12N4S/c1-4(2)8-3-5-9-10-6(7)11-5/h4,8H,3H2,1-2H3,(H2,7,10). The third-order valence-corrected chi connectivity index (χ3v) is 1.90. The van der Waals surface area contributed by atoms with Gasteiger partial charge in [-0.05, 0) is 0 Å². The molecule has 0 saturated heterocycles. The van der Waals surface area contributed by atoms with Crippen molar-refractivity contribution in [2.75, 3.05) is 5.73 Å². The van der Waals surface area contributed by atoms with Crippen molar-refractivity contribution >= 4 is 16.5 Å². The quantitative estimate of drug-likeness (QED) is 0.701. The van der Waals surface area contributed by atoms with Gasteiger partial charge in [0.2, 0.25) is 5.13 Å². The molecule has 4 nitrogen and oxygen atoms in total. The summed E-state index contributed by atoms with van der Waals surface area (Å²) in [4.78, 5) is 0. The molecule has 5 heteroatoms. The van der Waals surface area contributed by atoms with Crippen LogP contribution in [-0.2, 0) is 6.54 Å². The Morgan fingerprint density at radius 3 is 2.73 bits per heavy atom. The first-order valence-electron chi connectivity index (χ1n) is 3.49. The summed E-state index contributed by atoms with van der Waals surface area (Å²) in [5.41, 5.74) is 5.40. The van der Waals surface area contributed by atoms with Crippen molar-refractivity contribution < 1.29 is 0 Å². The maximum Gasteiger partial charge on any atom is 0.203 e. The Kier molecular flexibility index (Phi) is 2.78. The molecule has 0 radical (unpaired) electrons. The molecule has 0 fully saturated rings. The van der Waals surface area contributed by atoms with Crippen LogP contribution in [0.25, 0.3) is 0 Å². The summed E-state index contributed by atoms with van der Waals surface area (Å²) < 4.78 is 0. The molecule has 1 aromatic rings. The van der Waals surface area contributed by atoms with Crippen molar-refractivity contribution in [3.63, 3.8) is 0 Å². The van der Waals surface area contributed by atoms with Gasteiger partial charge >= 0.3 is 0 Å². The number of hydrogen-bond donors (Lipinski definition) is 2. The molecule has 0 aliphatic heterocycles. The Morgan fingerprint density at radius 1 is 1.55 bits per heavy atom. The van der Waals surface area contributed by atoms with Crippen molar-refractivity contribution in [2.45, 2.75) is 26.4 Å². The average Bonchev–Trinajstić information content (AvgIpc) is 2.31. The van der Waals surface area contributed by atoms with Gasteiger partial charge in [0.25, 0.3) is 0 Å². The Hall–Kier alpha value is -0.680. The van der Waals surface area contributed by atoms with Crippen molar-refractivity contribution in [1.29, 1.82) is 0 Å². The van der Waals surface area contributed by atoms with E-state index in [-0.39, 0.29) is 0 Å². The van der Waals surface area contributed by atoms with Crippen LogP contribution in [0.5, 0.6) is 0 Å². The number of nitrogens with two attached hydrogens (primary N) is 1. The molecule has 0 aliphatic carbocycles. The molecule has 1 rings (SSSR count). The van der Waals surface area contributed by atoms with E-state index in [9.17, 15) is 0 Å². The minimum atomic E-state index is 0.472. The number of nitrogens with one attached hydrogen (secondary N) is 1. The van der Waals surface area contributed by atoms with Crippen LogP contribution in [0.15, 0.2) is 0 Å². The van der Waals surface area contributed by atoms with Crippen LogP contribution in [0.4, 0.5) is 5.13 Å². The SMILES string of the molecule is CC(C)NCc1nnc(N)s1. The monoisotopic (exact) mass is 172 g/mol. The van der Waals surface area contributed by atoms with Crippen LogP contribution in [0.2, 0.25) is 0 Å². The highest BCUT2D eigenvalue weighted by molar-refractivity contribution is 7.15. The summed E-state index contributed by atoms with van der Waals surface area (Å²) in [6.45, 7) is 4.93. The highest BCUT2D eigenvalue weighted by Gasteiger charge is 2.00. The topological polar surface area (TPSA) is 63.8 Å². The molecule has 62 valence electrons. The van der Waals surface area contributed by atoms with Gasteiger partial charge in [-0.25, -0.2) is 0 Å². The van der Waals surface area contributed by atoms with Crippen LogP contribution in [0.1, 0.15) is 18.9 Å². The first-order chi connectivity index (χ1) is 5.18. The van der Waals surface area contributed by atoms with Crippen LogP contribution < -0.4 is 11.1 Å². The van der Waals surface area contributed by atoms with E-state index in [1.54, 1.807) is 0 Å². The summed E-state index contributed by atoms with van der Waals surface area (Å²) >= 11 is 1.42. The van der Waals surface area contributed by atoms with Gasteiger partial charge in [-0.1, -0.05) is 25.2 Å². The highest BCUT2D eigenvalue weighted by atomic mass is 32.1. The molecule has 0 unspecified atom stereocenters. The van der Waals surface area contributed by atoms with Gasteiger partial charge < -0.3 is 11.1 Å². The van der Waals surface area contributed by atoms with Crippen molar-refractivity contribution in [3.8, 4) is 0 Å². The van der Waals surface area contributed by atoms with E-state index < -0.39 is 0 Å². The van der Waals surface area contributed by atoms with Crippen LogP contribution in [0.3, 0.4) is 0 Å². The molecular formula is C6H12N4S. The van der Waals surface area contributed by atoms with E-state index in [2.05, 4.69) is 29.4 Å². The Morgan fingerprint density at radius 2 is 2.27 bits per heavy atom. The predicted molar refractivity (Wildman–Crippen MR) is 46.3 cm³/mol. The Balaban J connectivity index is 2.39. The number of rotatable bonds is 3. The zero-order valence-corrected chi connectivity index (χ0v) is 7.48. The van der Waals surface area contributed by atoms with E-state index in [1.807, 2.05) is 0 Å². The molecule has 1 aromatic heterocycles. The number of nitrogen functional groups attached to an aromatic ring is 1. The zero-order chi connectivity index (χ0) is 8.27. The molecule has 0 atom stereocenters. The fraction of sp³-hybridized carbons (Fsp3) is 0.667. The summed E-state index contributed by atoms with van der Waals surface area (Å²) in [5.74, 6) is 0. The first-order valence-corrected chi connectivity index (χ1v) is 4.31. The Labute approximate surface area is 69.8 Å². The van der Waals surface area contributed by atoms with Crippen molar-refractivity contribution in [2.24, 2.45) is 0 Å². The zero-order valence-electron chi connectivity index (χ0n) is 6.66. The summed E-state index contributed by atoms with van der Waals surface area (Å²) in [7, 11) is 0. The molecule has 0 aliphatic rings. The van der Waals surface area contributed by atoms with Gasteiger partial charge in [0.05, 0.1) is 0 Å². The number of aromatic nitrogens is 2. The number of anilines is 1. The van der Waals surface area contributed by atoms with Crippen molar-refractivity contribution in [1.82, 2.24) is 15.5 Å². The third-order valence-electron chi connectivity index (χ3n) is 1.14. The number of hydrogen-bond acceptors (Lipinski definition) is 5. The predicted octanol–water partition coefficient (Wildman–Crippen LogP) is 0.618. The van der Waals surface area contributed by atoms with Crippen LogP contribution in [-0.4, -0.2) is 16.2 Å². The van der Waals surface area contributed by atoms with E-state index in [1.165, 1.54) is 11.3 Å². The second kappa shape index (κ2) is 3.64. The third kappa shape index (κ3) is 2.81. The average molecular weight is 172 g/mol. The second-order valence-corrected chi connectivity index (χ2v) is 3.66. The van der Waals surface area contributed by atoms with Gasteiger partial charge in [-0.3, -0.25) is 0 Å². The maximum absolute atomic E-state index is 5.40. The highest BCUT2D eigenvalue weighted by Crippen LogP contribution is 2.09. The van der Waals surface area contributed by atoms with E-state index in [0.29, 0.717) is 11.2 Å². The minimum Gasteiger partial charge on any atom is -0.374 e. The lowest BCUT2D eigenvalue weighted by molar-refractivity contribution is 0.585. The lowest BCUT2D eigenvalue weighted by Crippen LogP contribution is -2.21. The molecule has 0 saturated carbocycles. The molecular weight excluding hydrogens is 160 g/mol. The summed E-state index contributed by atoms with van der Waals surface area (Å²) in [6, 6.07) is 0.472. The lowest BCUT2D eigenvalue weighted by atomic mass is 10.4. The molecule has 0 aromatic carbocycles. The first kappa shape index (κ1) is 8.42. The molecule has 0 spiro atoms. The second-order valence-electron chi connectivity index (χ2n) is 2.57. The summed E-state index contributed by atoms with van der Waals surface area (Å²) in [5, 5.41) is 12.3. The summed E-state index contributed by atoms with van der Waals surface area (Å²) in [6.07, 6.45) is 0. The molecule has 11 heavy (non-hydrogen) atoms. The van der Waals surface area contributed by atoms with Crippen LogP contribution >= 0.6 is 11.3 Å². The van der Waals surface area contributed by atoms with Gasteiger partial charge in [-0.15, -0.1) is 10.2 Å². The molecule has 3 N–H and O–H groups in total. The fourth-order valence-corrected chi connectivity index (χ4v) is 1.19. The molecule has 1 heterocycles. The maximum atomic E-state index is 5.40. The smallest absolute Gasteiger partial charge is 0.203 e. The molecule has 0 amide bonds. The number of nitrogens with zero attached hydrogens (tertiary/aromatic N) is 2. The van der Waals surface area contributed by atoms with Crippen molar-refractivity contribution in [3.05, 3.63) is 5.01 Å². The van der Waals surface area contributed by atoms with E-state index in [0.717, 1.165) is 11.6 Å².